The summed E-state index contributed by atoms with van der Waals surface area (Å²) in [5.74, 6) is 1.56. The van der Waals surface area contributed by atoms with Gasteiger partial charge in [0.25, 0.3) is 0 Å². The smallest absolute Gasteiger partial charge is 0.340 e. The molecule has 1 aliphatic heterocycles. The van der Waals surface area contributed by atoms with Crippen molar-refractivity contribution in [2.75, 3.05) is 26.6 Å². The van der Waals surface area contributed by atoms with E-state index in [4.69, 9.17) is 14.2 Å². The summed E-state index contributed by atoms with van der Waals surface area (Å²) < 4.78 is 15.7. The number of ether oxygens (including phenoxy) is 3. The maximum Gasteiger partial charge on any atom is 0.340 e. The molecule has 3 rings (SSSR count). The van der Waals surface area contributed by atoms with Crippen molar-refractivity contribution in [2.24, 2.45) is 10.1 Å². The normalized spacial score (nSPS) is 14.9. The lowest BCUT2D eigenvalue weighted by Gasteiger charge is -2.15. The number of aryl methyl sites for hydroxylation is 1. The van der Waals surface area contributed by atoms with Crippen LogP contribution in [0.1, 0.15) is 34.2 Å². The summed E-state index contributed by atoms with van der Waals surface area (Å²) >= 11 is 1.53. The SMILES string of the molecule is CCOC(=O)c1c(C)[nH]c(C2=NNC(=Nc3ccc(OC)c(OC)c3)SC2)c1C. The van der Waals surface area contributed by atoms with Gasteiger partial charge in [0.2, 0.25) is 0 Å². The third-order valence-electron chi connectivity index (χ3n) is 4.44. The second-order valence-electron chi connectivity index (χ2n) is 6.26. The Hall–Kier alpha value is -2.94. The molecule has 1 aromatic heterocycles. The van der Waals surface area contributed by atoms with E-state index >= 15 is 0 Å². The van der Waals surface area contributed by atoms with Crippen LogP contribution in [0.2, 0.25) is 0 Å². The molecule has 154 valence electrons. The largest absolute Gasteiger partial charge is 0.493 e. The van der Waals surface area contributed by atoms with Gasteiger partial charge in [-0.25, -0.2) is 9.79 Å². The number of aliphatic imine (C=N–C) groups is 1. The van der Waals surface area contributed by atoms with Gasteiger partial charge in [0.15, 0.2) is 16.7 Å². The first-order valence-corrected chi connectivity index (χ1v) is 10.1. The summed E-state index contributed by atoms with van der Waals surface area (Å²) in [6.07, 6.45) is 0. The average Bonchev–Trinajstić information content (AvgIpc) is 3.02. The van der Waals surface area contributed by atoms with E-state index in [2.05, 4.69) is 20.5 Å². The number of aromatic nitrogens is 1. The fourth-order valence-corrected chi connectivity index (χ4v) is 3.82. The topological polar surface area (TPSA) is 97.3 Å². The maximum atomic E-state index is 12.2. The molecule has 2 N–H and O–H groups in total. The van der Waals surface area contributed by atoms with Crippen LogP contribution in [0, 0.1) is 13.8 Å². The molecule has 1 aliphatic rings. The number of amidine groups is 1. The van der Waals surface area contributed by atoms with Gasteiger partial charge < -0.3 is 19.2 Å². The number of nitrogens with zero attached hydrogens (tertiary/aromatic N) is 2. The molecule has 0 unspecified atom stereocenters. The van der Waals surface area contributed by atoms with Crippen molar-refractivity contribution < 1.29 is 19.0 Å². The Morgan fingerprint density at radius 2 is 2.00 bits per heavy atom. The van der Waals surface area contributed by atoms with Crippen molar-refractivity contribution in [2.45, 2.75) is 20.8 Å². The highest BCUT2D eigenvalue weighted by Gasteiger charge is 2.23. The van der Waals surface area contributed by atoms with E-state index in [1.165, 1.54) is 11.8 Å². The quantitative estimate of drug-likeness (QED) is 0.699. The van der Waals surface area contributed by atoms with Crippen molar-refractivity contribution in [1.82, 2.24) is 10.4 Å². The second kappa shape index (κ2) is 9.04. The number of methoxy groups -OCH3 is 2. The van der Waals surface area contributed by atoms with Gasteiger partial charge in [-0.2, -0.15) is 5.10 Å². The lowest BCUT2D eigenvalue weighted by molar-refractivity contribution is 0.0525. The highest BCUT2D eigenvalue weighted by molar-refractivity contribution is 8.14. The van der Waals surface area contributed by atoms with Crippen molar-refractivity contribution in [1.29, 1.82) is 0 Å². The minimum Gasteiger partial charge on any atom is -0.493 e. The van der Waals surface area contributed by atoms with Crippen LogP contribution in [0.4, 0.5) is 5.69 Å². The predicted octanol–water partition coefficient (Wildman–Crippen LogP) is 3.55. The highest BCUT2D eigenvalue weighted by Crippen LogP contribution is 2.32. The van der Waals surface area contributed by atoms with Gasteiger partial charge in [-0.05, 0) is 38.5 Å². The molecule has 0 saturated heterocycles. The number of thioether (sulfide) groups is 1. The Morgan fingerprint density at radius 1 is 1.24 bits per heavy atom. The van der Waals surface area contributed by atoms with Crippen molar-refractivity contribution in [3.05, 3.63) is 40.7 Å². The number of rotatable bonds is 6. The molecule has 8 nitrogen and oxygen atoms in total. The van der Waals surface area contributed by atoms with Crippen LogP contribution in [-0.2, 0) is 4.74 Å². The maximum absolute atomic E-state index is 12.2. The van der Waals surface area contributed by atoms with Gasteiger partial charge in [0.05, 0.1) is 43.5 Å². The van der Waals surface area contributed by atoms with Crippen LogP contribution in [-0.4, -0.2) is 48.4 Å². The Kier molecular flexibility index (Phi) is 6.48. The van der Waals surface area contributed by atoms with Crippen molar-refractivity contribution >= 4 is 34.3 Å². The highest BCUT2D eigenvalue weighted by atomic mass is 32.2. The Labute approximate surface area is 173 Å². The monoisotopic (exact) mass is 416 g/mol. The molecule has 29 heavy (non-hydrogen) atoms. The summed E-state index contributed by atoms with van der Waals surface area (Å²) in [5, 5.41) is 5.12. The van der Waals surface area contributed by atoms with E-state index < -0.39 is 0 Å². The number of carbonyl (C=O) groups is 1. The van der Waals surface area contributed by atoms with Crippen LogP contribution < -0.4 is 14.9 Å². The van der Waals surface area contributed by atoms with E-state index in [-0.39, 0.29) is 5.97 Å². The summed E-state index contributed by atoms with van der Waals surface area (Å²) in [6.45, 7) is 5.88. The van der Waals surface area contributed by atoms with Crippen LogP contribution >= 0.6 is 11.8 Å². The van der Waals surface area contributed by atoms with E-state index in [0.29, 0.717) is 34.6 Å². The summed E-state index contributed by atoms with van der Waals surface area (Å²) in [6, 6.07) is 5.46. The Bertz CT molecular complexity index is 981. The zero-order valence-corrected chi connectivity index (χ0v) is 17.9. The molecule has 9 heteroatoms. The molecule has 0 bridgehead atoms. The van der Waals surface area contributed by atoms with Crippen molar-refractivity contribution in [3.63, 3.8) is 0 Å². The van der Waals surface area contributed by atoms with E-state index in [1.54, 1.807) is 27.2 Å². The number of nitrogens with one attached hydrogen (secondary N) is 2. The van der Waals surface area contributed by atoms with Crippen LogP contribution in [0.5, 0.6) is 11.5 Å². The number of benzene rings is 1. The third kappa shape index (κ3) is 4.40. The number of hydrogen-bond donors (Lipinski definition) is 2. The van der Waals surface area contributed by atoms with E-state index in [0.717, 1.165) is 28.4 Å². The van der Waals surface area contributed by atoms with Crippen LogP contribution in [0.15, 0.2) is 28.3 Å². The van der Waals surface area contributed by atoms with E-state index in [1.807, 2.05) is 26.0 Å². The minimum atomic E-state index is -0.322. The van der Waals surface area contributed by atoms with Gasteiger partial charge in [-0.1, -0.05) is 11.8 Å². The lowest BCUT2D eigenvalue weighted by atomic mass is 10.1. The first-order valence-electron chi connectivity index (χ1n) is 9.11. The fraction of sp³-hybridized carbons (Fsp3) is 0.350. The molecule has 0 amide bonds. The first kappa shape index (κ1) is 20.8. The number of hydrogen-bond acceptors (Lipinski definition) is 7. The second-order valence-corrected chi connectivity index (χ2v) is 7.22. The lowest BCUT2D eigenvalue weighted by Crippen LogP contribution is -2.25. The zero-order chi connectivity index (χ0) is 21.0. The Balaban J connectivity index is 1.80. The van der Waals surface area contributed by atoms with Gasteiger partial charge in [0, 0.05) is 17.5 Å². The molecule has 0 saturated carbocycles. The van der Waals surface area contributed by atoms with E-state index in [9.17, 15) is 4.79 Å². The molecule has 2 aromatic rings. The van der Waals surface area contributed by atoms with Crippen LogP contribution in [0.3, 0.4) is 0 Å². The summed E-state index contributed by atoms with van der Waals surface area (Å²) in [4.78, 5) is 20.0. The summed E-state index contributed by atoms with van der Waals surface area (Å²) in [5.41, 5.74) is 7.54. The number of esters is 1. The summed E-state index contributed by atoms with van der Waals surface area (Å²) in [7, 11) is 3.18. The molecule has 2 heterocycles. The number of aromatic amines is 1. The molecule has 1 aromatic carbocycles. The van der Waals surface area contributed by atoms with Gasteiger partial charge in [-0.15, -0.1) is 0 Å². The molecule has 0 radical (unpaired) electrons. The molecular weight excluding hydrogens is 392 g/mol. The average molecular weight is 417 g/mol. The number of hydrazone groups is 1. The third-order valence-corrected chi connectivity index (χ3v) is 5.31. The van der Waals surface area contributed by atoms with Gasteiger partial charge in [-0.3, -0.25) is 5.43 Å². The van der Waals surface area contributed by atoms with Crippen LogP contribution in [0.25, 0.3) is 0 Å². The fourth-order valence-electron chi connectivity index (χ4n) is 3.06. The van der Waals surface area contributed by atoms with Gasteiger partial charge in [0.1, 0.15) is 0 Å². The number of carbonyl (C=O) groups excluding carboxylic acids is 1. The van der Waals surface area contributed by atoms with Crippen molar-refractivity contribution in [3.8, 4) is 11.5 Å². The predicted molar refractivity (Wildman–Crippen MR) is 115 cm³/mol. The molecule has 0 spiro atoms. The Morgan fingerprint density at radius 3 is 2.62 bits per heavy atom. The minimum absolute atomic E-state index is 0.322. The molecule has 0 atom stereocenters. The van der Waals surface area contributed by atoms with Gasteiger partial charge >= 0.3 is 5.97 Å². The zero-order valence-electron chi connectivity index (χ0n) is 17.1. The first-order chi connectivity index (χ1) is 14.0. The molecular formula is C20H24N4O4S. The number of H-pyrrole nitrogens is 1. The molecule has 0 fully saturated rings. The molecule has 0 aliphatic carbocycles. The standard InChI is InChI=1S/C20H24N4O4S/c1-6-28-19(25)17-11(2)18(21-12(17)3)14-10-29-20(24-23-14)22-13-7-8-15(26-4)16(9-13)27-5/h7-9,21H,6,10H2,1-5H3,(H,22,24).